The van der Waals surface area contributed by atoms with Crippen molar-refractivity contribution in [1.82, 2.24) is 19.7 Å². The molecule has 166 valence electrons. The van der Waals surface area contributed by atoms with Crippen molar-refractivity contribution in [3.63, 3.8) is 0 Å². The third kappa shape index (κ3) is 3.94. The van der Waals surface area contributed by atoms with Crippen molar-refractivity contribution in [2.75, 3.05) is 17.7 Å². The number of benzene rings is 1. The predicted molar refractivity (Wildman–Crippen MR) is 110 cm³/mol. The summed E-state index contributed by atoms with van der Waals surface area (Å²) in [6, 6.07) is 9.03. The average molecular weight is 448 g/mol. The monoisotopic (exact) mass is 448 g/mol. The molecule has 4 aromatic rings. The number of nitrogens with one attached hydrogen (secondary N) is 3. The Morgan fingerprint density at radius 1 is 1.03 bits per heavy atom. The number of para-hydroxylation sites is 1. The van der Waals surface area contributed by atoms with Gasteiger partial charge in [-0.2, -0.15) is 13.2 Å². The zero-order chi connectivity index (χ0) is 23.0. The maximum absolute atomic E-state index is 14.1. The quantitative estimate of drug-likeness (QED) is 0.394. The third-order valence-corrected chi connectivity index (χ3v) is 4.55. The van der Waals surface area contributed by atoms with E-state index in [9.17, 15) is 22.4 Å². The van der Waals surface area contributed by atoms with Crippen LogP contribution in [0.4, 0.5) is 40.6 Å². The number of alkyl halides is 3. The first-order chi connectivity index (χ1) is 15.2. The van der Waals surface area contributed by atoms with Crippen LogP contribution in [0.1, 0.15) is 5.69 Å². The molecule has 1 aromatic carbocycles. The van der Waals surface area contributed by atoms with Gasteiger partial charge in [0.05, 0.1) is 18.5 Å². The van der Waals surface area contributed by atoms with Gasteiger partial charge in [0.15, 0.2) is 17.2 Å². The zero-order valence-electron chi connectivity index (χ0n) is 16.7. The number of hydrogen-bond donors (Lipinski definition) is 3. The number of H-pyrrole nitrogens is 1. The lowest BCUT2D eigenvalue weighted by Crippen LogP contribution is -2.12. The highest BCUT2D eigenvalue weighted by Crippen LogP contribution is 2.33. The molecule has 0 unspecified atom stereocenters. The molecule has 8 nitrogen and oxygen atoms in total. The predicted octanol–water partition coefficient (Wildman–Crippen LogP) is 4.31. The van der Waals surface area contributed by atoms with Crippen molar-refractivity contribution in [2.24, 2.45) is 7.05 Å². The van der Waals surface area contributed by atoms with Gasteiger partial charge in [-0.1, -0.05) is 12.1 Å². The summed E-state index contributed by atoms with van der Waals surface area (Å²) in [4.78, 5) is 20.4. The summed E-state index contributed by atoms with van der Waals surface area (Å²) in [5.41, 5.74) is -0.845. The minimum Gasteiger partial charge on any atom is -0.492 e. The number of halogens is 4. The first kappa shape index (κ1) is 21.2. The van der Waals surface area contributed by atoms with E-state index >= 15 is 0 Å². The minimum atomic E-state index is -4.61. The molecule has 4 rings (SSSR count). The topological polar surface area (TPSA) is 96.9 Å². The largest absolute Gasteiger partial charge is 0.492 e. The van der Waals surface area contributed by atoms with E-state index in [1.807, 2.05) is 0 Å². The van der Waals surface area contributed by atoms with Crippen LogP contribution in [0.2, 0.25) is 0 Å². The van der Waals surface area contributed by atoms with Crippen LogP contribution in [0.5, 0.6) is 5.75 Å². The SMILES string of the molecule is COc1c(F)cccc1Nc1cc(Nc2cccc(C(F)(F)F)n2)nc2[nH]n(C)c(=O)c12. The first-order valence-corrected chi connectivity index (χ1v) is 9.18. The van der Waals surface area contributed by atoms with Gasteiger partial charge < -0.3 is 15.4 Å². The number of rotatable bonds is 5. The van der Waals surface area contributed by atoms with Gasteiger partial charge in [0, 0.05) is 13.1 Å². The van der Waals surface area contributed by atoms with Gasteiger partial charge in [-0.05, 0) is 24.3 Å². The molecule has 32 heavy (non-hydrogen) atoms. The van der Waals surface area contributed by atoms with E-state index in [-0.39, 0.29) is 39.8 Å². The van der Waals surface area contributed by atoms with E-state index in [1.54, 1.807) is 6.07 Å². The van der Waals surface area contributed by atoms with Crippen molar-refractivity contribution >= 4 is 34.0 Å². The first-order valence-electron chi connectivity index (χ1n) is 9.18. The van der Waals surface area contributed by atoms with Crippen LogP contribution in [0.25, 0.3) is 11.0 Å². The van der Waals surface area contributed by atoms with Gasteiger partial charge in [-0.25, -0.2) is 14.4 Å². The fourth-order valence-electron chi connectivity index (χ4n) is 3.14. The Labute approximate surface area is 177 Å². The summed E-state index contributed by atoms with van der Waals surface area (Å²) in [5.74, 6) is -0.682. The van der Waals surface area contributed by atoms with E-state index in [2.05, 4.69) is 25.7 Å². The average Bonchev–Trinajstić information content (AvgIpc) is 3.01. The summed E-state index contributed by atoms with van der Waals surface area (Å²) < 4.78 is 59.3. The van der Waals surface area contributed by atoms with Crippen LogP contribution in [0.3, 0.4) is 0 Å². The second kappa shape index (κ2) is 7.87. The van der Waals surface area contributed by atoms with E-state index < -0.39 is 23.2 Å². The van der Waals surface area contributed by atoms with Crippen molar-refractivity contribution in [2.45, 2.75) is 6.18 Å². The van der Waals surface area contributed by atoms with Gasteiger partial charge in [-0.3, -0.25) is 14.6 Å². The normalized spacial score (nSPS) is 11.6. The lowest BCUT2D eigenvalue weighted by Gasteiger charge is -2.14. The van der Waals surface area contributed by atoms with Crippen molar-refractivity contribution < 1.29 is 22.3 Å². The standard InChI is InChI=1S/C20H16F4N6O2/c1-30-19(31)16-12(25-11-6-3-5-10(21)17(11)32-2)9-15(28-18(16)29-30)27-14-8-4-7-13(26-14)20(22,23)24/h3-9H,1-2H3,(H3,25,26,27,28,29). The molecule has 0 aliphatic heterocycles. The molecule has 3 N–H and O–H groups in total. The van der Waals surface area contributed by atoms with Crippen molar-refractivity contribution in [1.29, 1.82) is 0 Å². The molecule has 0 spiro atoms. The van der Waals surface area contributed by atoms with E-state index in [1.165, 1.54) is 49.2 Å². The lowest BCUT2D eigenvalue weighted by atomic mass is 10.2. The van der Waals surface area contributed by atoms with Gasteiger partial charge >= 0.3 is 6.18 Å². The number of aromatic nitrogens is 4. The molecule has 3 heterocycles. The molecule has 0 amide bonds. The van der Waals surface area contributed by atoms with Gasteiger partial charge in [-0.15, -0.1) is 0 Å². The summed E-state index contributed by atoms with van der Waals surface area (Å²) in [7, 11) is 2.78. The van der Waals surface area contributed by atoms with Crippen LogP contribution in [-0.2, 0) is 13.2 Å². The lowest BCUT2D eigenvalue weighted by molar-refractivity contribution is -0.141. The maximum Gasteiger partial charge on any atom is 0.433 e. The number of hydrogen-bond acceptors (Lipinski definition) is 6. The number of aromatic amines is 1. The third-order valence-electron chi connectivity index (χ3n) is 4.55. The van der Waals surface area contributed by atoms with Gasteiger partial charge in [0.25, 0.3) is 5.56 Å². The molecule has 0 saturated heterocycles. The number of fused-ring (bicyclic) bond motifs is 1. The molecular formula is C20H16F4N6O2. The smallest absolute Gasteiger partial charge is 0.433 e. The summed E-state index contributed by atoms with van der Waals surface area (Å²) >= 11 is 0. The number of methoxy groups -OCH3 is 1. The number of aryl methyl sites for hydroxylation is 1. The fraction of sp³-hybridized carbons (Fsp3) is 0.150. The molecule has 12 heteroatoms. The molecule has 0 saturated carbocycles. The van der Waals surface area contributed by atoms with E-state index in [0.29, 0.717) is 0 Å². The highest BCUT2D eigenvalue weighted by molar-refractivity contribution is 5.93. The summed E-state index contributed by atoms with van der Waals surface area (Å²) in [6.45, 7) is 0. The highest BCUT2D eigenvalue weighted by atomic mass is 19.4. The Bertz CT molecular complexity index is 1360. The zero-order valence-corrected chi connectivity index (χ0v) is 16.7. The second-order valence-electron chi connectivity index (χ2n) is 6.73. The summed E-state index contributed by atoms with van der Waals surface area (Å²) in [6.07, 6.45) is -4.61. The Hall–Kier alpha value is -4.09. The number of ether oxygens (including phenoxy) is 1. The second-order valence-corrected chi connectivity index (χ2v) is 6.73. The number of nitrogens with zero attached hydrogens (tertiary/aromatic N) is 3. The van der Waals surface area contributed by atoms with Crippen LogP contribution in [-0.4, -0.2) is 26.9 Å². The minimum absolute atomic E-state index is 0.0705. The Morgan fingerprint density at radius 2 is 1.78 bits per heavy atom. The van der Waals surface area contributed by atoms with Crippen LogP contribution >= 0.6 is 0 Å². The maximum atomic E-state index is 14.1. The Kier molecular flexibility index (Phi) is 5.20. The van der Waals surface area contributed by atoms with Gasteiger partial charge in [0.1, 0.15) is 22.7 Å². The van der Waals surface area contributed by atoms with E-state index in [4.69, 9.17) is 4.74 Å². The molecule has 0 bridgehead atoms. The van der Waals surface area contributed by atoms with Crippen LogP contribution in [0.15, 0.2) is 47.3 Å². The van der Waals surface area contributed by atoms with Crippen molar-refractivity contribution in [3.05, 3.63) is 64.3 Å². The summed E-state index contributed by atoms with van der Waals surface area (Å²) in [5, 5.41) is 8.58. The molecule has 0 atom stereocenters. The van der Waals surface area contributed by atoms with Gasteiger partial charge in [0.2, 0.25) is 0 Å². The van der Waals surface area contributed by atoms with Crippen LogP contribution in [0, 0.1) is 5.82 Å². The van der Waals surface area contributed by atoms with Crippen LogP contribution < -0.4 is 20.9 Å². The number of pyridine rings is 2. The molecule has 0 aliphatic carbocycles. The number of anilines is 4. The van der Waals surface area contributed by atoms with Crippen molar-refractivity contribution in [3.8, 4) is 5.75 Å². The molecular weight excluding hydrogens is 432 g/mol. The Morgan fingerprint density at radius 3 is 2.50 bits per heavy atom. The highest BCUT2D eigenvalue weighted by Gasteiger charge is 2.32. The fourth-order valence-corrected chi connectivity index (χ4v) is 3.14. The molecule has 3 aromatic heterocycles. The Balaban J connectivity index is 1.80. The van der Waals surface area contributed by atoms with E-state index in [0.717, 1.165) is 6.07 Å². The molecule has 0 radical (unpaired) electrons. The molecule has 0 aliphatic rings. The molecule has 0 fully saturated rings.